The van der Waals surface area contributed by atoms with Gasteiger partial charge in [-0.2, -0.15) is 0 Å². The molecule has 1 aliphatic rings. The molecule has 0 spiro atoms. The number of guanidine groups is 1. The minimum atomic E-state index is 0. The smallest absolute Gasteiger partial charge is 0.213 e. The van der Waals surface area contributed by atoms with E-state index in [1.165, 1.54) is 19.3 Å². The van der Waals surface area contributed by atoms with Gasteiger partial charge in [-0.05, 0) is 43.4 Å². The van der Waals surface area contributed by atoms with Crippen molar-refractivity contribution in [3.8, 4) is 5.88 Å². The highest BCUT2D eigenvalue weighted by Gasteiger charge is 2.15. The first kappa shape index (κ1) is 21.5. The molecular weight excluding hydrogens is 453 g/mol. The Morgan fingerprint density at radius 3 is 2.63 bits per heavy atom. The summed E-state index contributed by atoms with van der Waals surface area (Å²) in [6, 6.07) is 8.09. The van der Waals surface area contributed by atoms with E-state index in [0.29, 0.717) is 12.6 Å². The lowest BCUT2D eigenvalue weighted by atomic mass is 9.98. The molecule has 2 aromatic heterocycles. The number of rotatable bonds is 7. The van der Waals surface area contributed by atoms with Crippen molar-refractivity contribution in [3.05, 3.63) is 48.4 Å². The molecule has 0 bridgehead atoms. The summed E-state index contributed by atoms with van der Waals surface area (Å²) in [5.74, 6) is 1.52. The maximum Gasteiger partial charge on any atom is 0.213 e. The van der Waals surface area contributed by atoms with Crippen LogP contribution in [0.5, 0.6) is 5.88 Å². The summed E-state index contributed by atoms with van der Waals surface area (Å²) < 4.78 is 8.11. The van der Waals surface area contributed by atoms with Crippen LogP contribution in [0.4, 0.5) is 0 Å². The second-order valence-corrected chi connectivity index (χ2v) is 6.66. The van der Waals surface area contributed by atoms with Gasteiger partial charge in [-0.15, -0.1) is 24.0 Å². The van der Waals surface area contributed by atoms with Crippen molar-refractivity contribution < 1.29 is 4.74 Å². The van der Waals surface area contributed by atoms with Gasteiger partial charge in [-0.1, -0.05) is 12.5 Å². The summed E-state index contributed by atoms with van der Waals surface area (Å²) in [5.41, 5.74) is 1.11. The van der Waals surface area contributed by atoms with Gasteiger partial charge in [0, 0.05) is 51.3 Å². The van der Waals surface area contributed by atoms with Crippen molar-refractivity contribution >= 4 is 29.9 Å². The standard InChI is InChI=1S/C20H29N5O.HI/c1-21-20(22-11-14-25-12-5-6-13-25)24-16-17-9-10-19(23-15-17)26-18-7-3-2-4-8-18;/h5-6,9-10,12-13,15,18H,2-4,7-8,11,14,16H2,1H3,(H2,21,22,24);1H. The predicted molar refractivity (Wildman–Crippen MR) is 120 cm³/mol. The minimum absolute atomic E-state index is 0. The van der Waals surface area contributed by atoms with Crippen molar-refractivity contribution in [3.63, 3.8) is 0 Å². The molecule has 2 aromatic rings. The van der Waals surface area contributed by atoms with Gasteiger partial charge in [-0.25, -0.2) is 4.98 Å². The first-order chi connectivity index (χ1) is 12.8. The summed E-state index contributed by atoms with van der Waals surface area (Å²) in [5, 5.41) is 6.63. The molecule has 1 aliphatic carbocycles. The maximum absolute atomic E-state index is 5.98. The molecule has 7 heteroatoms. The molecule has 2 N–H and O–H groups in total. The molecule has 148 valence electrons. The van der Waals surface area contributed by atoms with Crippen LogP contribution in [0.3, 0.4) is 0 Å². The highest BCUT2D eigenvalue weighted by atomic mass is 127. The number of halogens is 1. The summed E-state index contributed by atoms with van der Waals surface area (Å²) >= 11 is 0. The fraction of sp³-hybridized carbons (Fsp3) is 0.500. The Balaban J connectivity index is 0.00000261. The minimum Gasteiger partial charge on any atom is -0.474 e. The summed E-state index contributed by atoms with van der Waals surface area (Å²) in [4.78, 5) is 8.70. The van der Waals surface area contributed by atoms with Crippen LogP contribution in [-0.2, 0) is 13.1 Å². The molecular formula is C20H30IN5O. The van der Waals surface area contributed by atoms with E-state index in [1.54, 1.807) is 7.05 Å². The van der Waals surface area contributed by atoms with Gasteiger partial charge in [-0.3, -0.25) is 4.99 Å². The number of aliphatic imine (C=N–C) groups is 1. The van der Waals surface area contributed by atoms with Crippen molar-refractivity contribution in [2.24, 2.45) is 4.99 Å². The normalized spacial score (nSPS) is 15.1. The molecule has 0 radical (unpaired) electrons. The van der Waals surface area contributed by atoms with Gasteiger partial charge < -0.3 is 19.9 Å². The monoisotopic (exact) mass is 483 g/mol. The lowest BCUT2D eigenvalue weighted by Crippen LogP contribution is -2.38. The Bertz CT molecular complexity index is 666. The third-order valence-corrected chi connectivity index (χ3v) is 4.65. The van der Waals surface area contributed by atoms with E-state index in [2.05, 4.69) is 43.6 Å². The topological polar surface area (TPSA) is 63.5 Å². The first-order valence-corrected chi connectivity index (χ1v) is 9.50. The van der Waals surface area contributed by atoms with Crippen LogP contribution in [0.25, 0.3) is 0 Å². The third-order valence-electron chi connectivity index (χ3n) is 4.65. The highest BCUT2D eigenvalue weighted by molar-refractivity contribution is 14.0. The van der Waals surface area contributed by atoms with E-state index in [0.717, 1.165) is 43.3 Å². The van der Waals surface area contributed by atoms with Gasteiger partial charge in [0.2, 0.25) is 5.88 Å². The first-order valence-electron chi connectivity index (χ1n) is 9.50. The van der Waals surface area contributed by atoms with Crippen molar-refractivity contribution in [2.45, 2.75) is 51.3 Å². The highest BCUT2D eigenvalue weighted by Crippen LogP contribution is 2.22. The second kappa shape index (κ2) is 11.8. The maximum atomic E-state index is 5.98. The van der Waals surface area contributed by atoms with Crippen LogP contribution in [0.1, 0.15) is 37.7 Å². The van der Waals surface area contributed by atoms with E-state index in [9.17, 15) is 0 Å². The molecule has 3 rings (SSSR count). The van der Waals surface area contributed by atoms with Crippen molar-refractivity contribution in [1.29, 1.82) is 0 Å². The fourth-order valence-corrected chi connectivity index (χ4v) is 3.17. The molecule has 0 atom stereocenters. The number of aromatic nitrogens is 2. The Morgan fingerprint density at radius 1 is 1.19 bits per heavy atom. The van der Waals surface area contributed by atoms with Gasteiger partial charge in [0.25, 0.3) is 0 Å². The van der Waals surface area contributed by atoms with Gasteiger partial charge in [0.1, 0.15) is 6.10 Å². The average Bonchev–Trinajstić information content (AvgIpc) is 3.20. The largest absolute Gasteiger partial charge is 0.474 e. The molecule has 1 fully saturated rings. The van der Waals surface area contributed by atoms with Gasteiger partial charge >= 0.3 is 0 Å². The van der Waals surface area contributed by atoms with Crippen LogP contribution < -0.4 is 15.4 Å². The van der Waals surface area contributed by atoms with Crippen molar-refractivity contribution in [2.75, 3.05) is 13.6 Å². The fourth-order valence-electron chi connectivity index (χ4n) is 3.17. The number of pyridine rings is 1. The quantitative estimate of drug-likeness (QED) is 0.359. The Kier molecular flexibility index (Phi) is 9.44. The summed E-state index contributed by atoms with van der Waals surface area (Å²) in [7, 11) is 1.78. The number of hydrogen-bond acceptors (Lipinski definition) is 3. The van der Waals surface area contributed by atoms with E-state index < -0.39 is 0 Å². The van der Waals surface area contributed by atoms with Crippen LogP contribution in [0.2, 0.25) is 0 Å². The van der Waals surface area contributed by atoms with Crippen LogP contribution in [0.15, 0.2) is 47.8 Å². The van der Waals surface area contributed by atoms with Crippen molar-refractivity contribution in [1.82, 2.24) is 20.2 Å². The lowest BCUT2D eigenvalue weighted by molar-refractivity contribution is 0.148. The molecule has 0 aliphatic heterocycles. The zero-order chi connectivity index (χ0) is 18.0. The molecule has 0 saturated heterocycles. The zero-order valence-corrected chi connectivity index (χ0v) is 18.3. The zero-order valence-electron chi connectivity index (χ0n) is 15.9. The molecule has 2 heterocycles. The van der Waals surface area contributed by atoms with E-state index in [1.807, 2.05) is 24.4 Å². The van der Waals surface area contributed by atoms with Gasteiger partial charge in [0.15, 0.2) is 5.96 Å². The van der Waals surface area contributed by atoms with Crippen LogP contribution in [-0.4, -0.2) is 35.2 Å². The summed E-state index contributed by atoms with van der Waals surface area (Å²) in [6.45, 7) is 2.41. The number of nitrogens with zero attached hydrogens (tertiary/aromatic N) is 3. The predicted octanol–water partition coefficient (Wildman–Crippen LogP) is 3.58. The Labute approximate surface area is 178 Å². The van der Waals surface area contributed by atoms with E-state index in [-0.39, 0.29) is 24.0 Å². The molecule has 0 aromatic carbocycles. The SMILES string of the molecule is CN=C(NCCn1cccc1)NCc1ccc(OC2CCCCC2)nc1.I. The van der Waals surface area contributed by atoms with Gasteiger partial charge in [0.05, 0.1) is 0 Å². The van der Waals surface area contributed by atoms with E-state index >= 15 is 0 Å². The average molecular weight is 483 g/mol. The van der Waals surface area contributed by atoms with E-state index in [4.69, 9.17) is 4.74 Å². The Hall–Kier alpha value is -1.77. The van der Waals surface area contributed by atoms with Crippen LogP contribution in [0, 0.1) is 0 Å². The lowest BCUT2D eigenvalue weighted by Gasteiger charge is -2.22. The third kappa shape index (κ3) is 7.40. The number of ether oxygens (including phenoxy) is 1. The van der Waals surface area contributed by atoms with Crippen LogP contribution >= 0.6 is 24.0 Å². The molecule has 0 amide bonds. The second-order valence-electron chi connectivity index (χ2n) is 6.66. The number of hydrogen-bond donors (Lipinski definition) is 2. The number of nitrogens with one attached hydrogen (secondary N) is 2. The molecule has 6 nitrogen and oxygen atoms in total. The molecule has 0 unspecified atom stereocenters. The molecule has 27 heavy (non-hydrogen) atoms. The molecule has 1 saturated carbocycles. The summed E-state index contributed by atoms with van der Waals surface area (Å²) in [6.07, 6.45) is 12.5. The Morgan fingerprint density at radius 2 is 1.96 bits per heavy atom.